The monoisotopic (exact) mass is 310 g/mol. The molecule has 1 aliphatic rings. The van der Waals surface area contributed by atoms with Crippen LogP contribution in [0, 0.1) is 0 Å². The molecule has 1 aliphatic heterocycles. The summed E-state index contributed by atoms with van der Waals surface area (Å²) in [6, 6.07) is 9.81. The van der Waals surface area contributed by atoms with Crippen LogP contribution >= 0.6 is 0 Å². The molecule has 1 saturated heterocycles. The van der Waals surface area contributed by atoms with E-state index < -0.39 is 0 Å². The van der Waals surface area contributed by atoms with Crippen LogP contribution in [0.25, 0.3) is 22.3 Å². The standard InChI is InChI=1S/C16H18N6O/c1-21-6-8-22(9-7-21)12-4-2-11(3-5-12)15-16-13(17-19-15)10-14(23)18-20-16/h2-5,10H,6-9H2,1H3,(H,17,19)(H,18,23). The average Bonchev–Trinajstić information content (AvgIpc) is 2.99. The number of likely N-dealkylation sites (N-methyl/N-ethyl adjacent to an activating group) is 1. The molecule has 0 amide bonds. The first kappa shape index (κ1) is 14.0. The van der Waals surface area contributed by atoms with Crippen LogP contribution in [0.5, 0.6) is 0 Å². The van der Waals surface area contributed by atoms with Gasteiger partial charge in [-0.25, -0.2) is 5.10 Å². The fourth-order valence-corrected chi connectivity index (χ4v) is 2.93. The molecule has 0 atom stereocenters. The number of H-pyrrole nitrogens is 2. The van der Waals surface area contributed by atoms with E-state index in [2.05, 4.69) is 61.5 Å². The van der Waals surface area contributed by atoms with Crippen molar-refractivity contribution in [2.45, 2.75) is 0 Å². The summed E-state index contributed by atoms with van der Waals surface area (Å²) in [7, 11) is 2.15. The van der Waals surface area contributed by atoms with Gasteiger partial charge >= 0.3 is 0 Å². The molecule has 7 nitrogen and oxygen atoms in total. The number of hydrogen-bond donors (Lipinski definition) is 2. The SMILES string of the molecule is CN1CCN(c2ccc(-c3n[nH]c4cc(=O)[nH]nc34)cc2)CC1. The molecule has 1 fully saturated rings. The second-order valence-electron chi connectivity index (χ2n) is 5.90. The molecule has 0 radical (unpaired) electrons. The van der Waals surface area contributed by atoms with Gasteiger partial charge in [-0.3, -0.25) is 9.89 Å². The van der Waals surface area contributed by atoms with Crippen molar-refractivity contribution < 1.29 is 0 Å². The van der Waals surface area contributed by atoms with Crippen molar-refractivity contribution in [1.29, 1.82) is 0 Å². The molecule has 0 aliphatic carbocycles. The third kappa shape index (κ3) is 2.59. The van der Waals surface area contributed by atoms with E-state index in [4.69, 9.17) is 0 Å². The summed E-state index contributed by atoms with van der Waals surface area (Å²) in [5, 5.41) is 13.7. The van der Waals surface area contributed by atoms with E-state index in [0.29, 0.717) is 11.0 Å². The molecule has 7 heteroatoms. The van der Waals surface area contributed by atoms with E-state index in [-0.39, 0.29) is 5.56 Å². The van der Waals surface area contributed by atoms with E-state index in [0.717, 1.165) is 37.4 Å². The van der Waals surface area contributed by atoms with Crippen LogP contribution in [0.15, 0.2) is 35.1 Å². The van der Waals surface area contributed by atoms with Crippen molar-refractivity contribution in [2.75, 3.05) is 38.1 Å². The highest BCUT2D eigenvalue weighted by molar-refractivity contribution is 5.89. The number of piperazine rings is 1. The molecule has 3 heterocycles. The highest BCUT2D eigenvalue weighted by Crippen LogP contribution is 2.26. The van der Waals surface area contributed by atoms with Gasteiger partial charge in [0.15, 0.2) is 0 Å². The molecule has 0 bridgehead atoms. The van der Waals surface area contributed by atoms with Gasteiger partial charge in [0, 0.05) is 43.5 Å². The minimum absolute atomic E-state index is 0.238. The normalized spacial score (nSPS) is 16.1. The predicted octanol–water partition coefficient (Wildman–Crippen LogP) is 1.06. The number of fused-ring (bicyclic) bond motifs is 1. The third-order valence-corrected chi connectivity index (χ3v) is 4.33. The van der Waals surface area contributed by atoms with Gasteiger partial charge in [0.2, 0.25) is 0 Å². The number of hydrogen-bond acceptors (Lipinski definition) is 5. The zero-order chi connectivity index (χ0) is 15.8. The van der Waals surface area contributed by atoms with Gasteiger partial charge < -0.3 is 9.80 Å². The summed E-state index contributed by atoms with van der Waals surface area (Å²) in [6.45, 7) is 4.26. The van der Waals surface area contributed by atoms with Gasteiger partial charge in [0.05, 0.1) is 5.52 Å². The number of anilines is 1. The third-order valence-electron chi connectivity index (χ3n) is 4.33. The van der Waals surface area contributed by atoms with Crippen molar-refractivity contribution in [2.24, 2.45) is 0 Å². The fraction of sp³-hybridized carbons (Fsp3) is 0.312. The Bertz CT molecular complexity index is 873. The topological polar surface area (TPSA) is 80.9 Å². The Kier molecular flexibility index (Phi) is 3.34. The number of nitrogens with one attached hydrogen (secondary N) is 2. The highest BCUT2D eigenvalue weighted by atomic mass is 16.1. The largest absolute Gasteiger partial charge is 0.369 e. The minimum Gasteiger partial charge on any atom is -0.369 e. The van der Waals surface area contributed by atoms with Gasteiger partial charge in [-0.15, -0.1) is 0 Å². The Morgan fingerprint density at radius 3 is 2.48 bits per heavy atom. The zero-order valence-corrected chi connectivity index (χ0v) is 12.9. The summed E-state index contributed by atoms with van der Waals surface area (Å²) in [5.74, 6) is 0. The molecule has 0 spiro atoms. The van der Waals surface area contributed by atoms with Gasteiger partial charge in [-0.1, -0.05) is 12.1 Å². The van der Waals surface area contributed by atoms with E-state index in [1.54, 1.807) is 0 Å². The molecule has 0 unspecified atom stereocenters. The van der Waals surface area contributed by atoms with Crippen molar-refractivity contribution in [3.8, 4) is 11.3 Å². The van der Waals surface area contributed by atoms with Gasteiger partial charge in [0.25, 0.3) is 5.56 Å². The first-order valence-electron chi connectivity index (χ1n) is 7.68. The summed E-state index contributed by atoms with van der Waals surface area (Å²) < 4.78 is 0. The maximum Gasteiger partial charge on any atom is 0.266 e. The second-order valence-corrected chi connectivity index (χ2v) is 5.90. The maximum atomic E-state index is 11.3. The highest BCUT2D eigenvalue weighted by Gasteiger charge is 2.15. The van der Waals surface area contributed by atoms with E-state index in [1.165, 1.54) is 11.8 Å². The lowest BCUT2D eigenvalue weighted by Crippen LogP contribution is -2.44. The van der Waals surface area contributed by atoms with Gasteiger partial charge in [-0.2, -0.15) is 10.2 Å². The summed E-state index contributed by atoms with van der Waals surface area (Å²) >= 11 is 0. The van der Waals surface area contributed by atoms with Crippen molar-refractivity contribution in [3.05, 3.63) is 40.7 Å². The molecule has 2 N–H and O–H groups in total. The lowest BCUT2D eigenvalue weighted by atomic mass is 10.1. The van der Waals surface area contributed by atoms with E-state index >= 15 is 0 Å². The molecule has 4 rings (SSSR count). The Hall–Kier alpha value is -2.67. The number of aromatic amines is 2. The van der Waals surface area contributed by atoms with Crippen LogP contribution in [0.1, 0.15) is 0 Å². The lowest BCUT2D eigenvalue weighted by Gasteiger charge is -2.34. The van der Waals surface area contributed by atoms with Crippen molar-refractivity contribution in [3.63, 3.8) is 0 Å². The molecule has 23 heavy (non-hydrogen) atoms. The zero-order valence-electron chi connectivity index (χ0n) is 12.9. The number of rotatable bonds is 2. The smallest absolute Gasteiger partial charge is 0.266 e. The average molecular weight is 310 g/mol. The maximum absolute atomic E-state index is 11.3. The fourth-order valence-electron chi connectivity index (χ4n) is 2.93. The van der Waals surface area contributed by atoms with Crippen molar-refractivity contribution >= 4 is 16.7 Å². The van der Waals surface area contributed by atoms with E-state index in [9.17, 15) is 4.79 Å². The number of nitrogens with zero attached hydrogens (tertiary/aromatic N) is 4. The Morgan fingerprint density at radius 2 is 1.74 bits per heavy atom. The molecule has 0 saturated carbocycles. The van der Waals surface area contributed by atoms with Gasteiger partial charge in [-0.05, 0) is 19.2 Å². The van der Waals surface area contributed by atoms with E-state index in [1.807, 2.05) is 0 Å². The number of benzene rings is 1. The molecular formula is C16H18N6O. The lowest BCUT2D eigenvalue weighted by molar-refractivity contribution is 0.313. The molecule has 2 aromatic heterocycles. The van der Waals surface area contributed by atoms with Crippen LogP contribution in [0.3, 0.4) is 0 Å². The second kappa shape index (κ2) is 5.51. The Balaban J connectivity index is 1.63. The van der Waals surface area contributed by atoms with Gasteiger partial charge in [0.1, 0.15) is 11.2 Å². The summed E-state index contributed by atoms with van der Waals surface area (Å²) in [5.41, 5.74) is 4.04. The van der Waals surface area contributed by atoms with Crippen LogP contribution in [0.2, 0.25) is 0 Å². The summed E-state index contributed by atoms with van der Waals surface area (Å²) in [4.78, 5) is 16.0. The molecular weight excluding hydrogens is 292 g/mol. The first-order chi connectivity index (χ1) is 11.2. The predicted molar refractivity (Wildman–Crippen MR) is 89.7 cm³/mol. The molecule has 118 valence electrons. The first-order valence-corrected chi connectivity index (χ1v) is 7.68. The molecule has 1 aromatic carbocycles. The number of aromatic nitrogens is 4. The quantitative estimate of drug-likeness (QED) is 0.740. The Morgan fingerprint density at radius 1 is 1.00 bits per heavy atom. The van der Waals surface area contributed by atoms with Crippen LogP contribution in [-0.2, 0) is 0 Å². The van der Waals surface area contributed by atoms with Crippen molar-refractivity contribution in [1.82, 2.24) is 25.3 Å². The minimum atomic E-state index is -0.238. The van der Waals surface area contributed by atoms with Crippen LogP contribution < -0.4 is 10.5 Å². The molecule has 3 aromatic rings. The summed E-state index contributed by atoms with van der Waals surface area (Å²) in [6.07, 6.45) is 0. The Labute approximate surface area is 132 Å². The van der Waals surface area contributed by atoms with Crippen LogP contribution in [-0.4, -0.2) is 58.5 Å². The van der Waals surface area contributed by atoms with Crippen LogP contribution in [0.4, 0.5) is 5.69 Å².